The molecule has 0 amide bonds. The van der Waals surface area contributed by atoms with Gasteiger partial charge in [0.25, 0.3) is 0 Å². The maximum atomic E-state index is 11.5. The summed E-state index contributed by atoms with van der Waals surface area (Å²) in [6.07, 6.45) is -2.62. The van der Waals surface area contributed by atoms with Gasteiger partial charge in [-0.1, -0.05) is 121 Å². The quantitative estimate of drug-likeness (QED) is 0.234. The molecule has 6 nitrogen and oxygen atoms in total. The molecule has 5 atom stereocenters. The van der Waals surface area contributed by atoms with Crippen LogP contribution < -0.4 is 5.48 Å². The summed E-state index contributed by atoms with van der Waals surface area (Å²) in [6, 6.07) is 39.2. The van der Waals surface area contributed by atoms with Crippen molar-refractivity contribution < 1.29 is 24.2 Å². The number of nitrogens with one attached hydrogen (secondary N) is 1. The van der Waals surface area contributed by atoms with Crippen molar-refractivity contribution >= 4 is 0 Å². The van der Waals surface area contributed by atoms with E-state index in [0.29, 0.717) is 26.4 Å². The van der Waals surface area contributed by atoms with E-state index < -0.39 is 30.5 Å². The minimum Gasteiger partial charge on any atom is -0.388 e. The summed E-state index contributed by atoms with van der Waals surface area (Å²) in [5.41, 5.74) is 7.20. The third-order valence-corrected chi connectivity index (χ3v) is 6.86. The van der Waals surface area contributed by atoms with Gasteiger partial charge >= 0.3 is 0 Å². The first-order chi connectivity index (χ1) is 19.3. The van der Waals surface area contributed by atoms with Crippen molar-refractivity contribution in [2.24, 2.45) is 0 Å². The Kier molecular flexibility index (Phi) is 9.87. The maximum absolute atomic E-state index is 11.5. The summed E-state index contributed by atoms with van der Waals surface area (Å²) >= 11 is 0. The Labute approximate surface area is 230 Å². The second-order valence-electron chi connectivity index (χ2n) is 9.69. The molecule has 0 bridgehead atoms. The van der Waals surface area contributed by atoms with Gasteiger partial charge in [-0.15, -0.1) is 0 Å². The van der Waals surface area contributed by atoms with Crippen LogP contribution in [0.2, 0.25) is 0 Å². The Hall–Kier alpha value is -3.36. The van der Waals surface area contributed by atoms with Crippen LogP contribution in [0.4, 0.5) is 0 Å². The number of hydroxylamine groups is 1. The van der Waals surface area contributed by atoms with E-state index in [4.69, 9.17) is 19.0 Å². The minimum atomic E-state index is -0.925. The molecule has 5 rings (SSSR count). The first-order valence-electron chi connectivity index (χ1n) is 13.3. The third kappa shape index (κ3) is 7.61. The van der Waals surface area contributed by atoms with Crippen LogP contribution in [-0.4, -0.2) is 35.6 Å². The van der Waals surface area contributed by atoms with Gasteiger partial charge in [0.05, 0.1) is 32.5 Å². The Bertz CT molecular complexity index is 1230. The zero-order chi connectivity index (χ0) is 26.7. The Balaban J connectivity index is 1.35. The highest BCUT2D eigenvalue weighted by molar-refractivity contribution is 5.17. The van der Waals surface area contributed by atoms with Gasteiger partial charge in [0, 0.05) is 0 Å². The molecule has 2 N–H and O–H groups in total. The average Bonchev–Trinajstić information content (AvgIpc) is 3.25. The molecule has 4 aromatic rings. The number of hydrogen-bond acceptors (Lipinski definition) is 6. The van der Waals surface area contributed by atoms with E-state index in [1.807, 2.05) is 121 Å². The Morgan fingerprint density at radius 3 is 1.26 bits per heavy atom. The number of rotatable bonds is 13. The molecular formula is C33H35NO5. The van der Waals surface area contributed by atoms with E-state index >= 15 is 0 Å². The zero-order valence-electron chi connectivity index (χ0n) is 21.8. The van der Waals surface area contributed by atoms with E-state index in [2.05, 4.69) is 5.48 Å². The van der Waals surface area contributed by atoms with E-state index in [1.165, 1.54) is 0 Å². The highest BCUT2D eigenvalue weighted by Gasteiger charge is 2.53. The van der Waals surface area contributed by atoms with Gasteiger partial charge < -0.3 is 19.3 Å². The molecule has 1 aliphatic rings. The SMILES string of the molecule is O[C@H]1[C@@H](NOCc2ccccc2)[C@H](OCc2ccccc2)[C@@H](OCc2ccccc2)[C@@H]1OCc1ccccc1. The van der Waals surface area contributed by atoms with Crippen molar-refractivity contribution in [3.63, 3.8) is 0 Å². The number of aliphatic hydroxyl groups excluding tert-OH is 1. The smallest absolute Gasteiger partial charge is 0.115 e. The Morgan fingerprint density at radius 2 is 0.821 bits per heavy atom. The molecule has 1 saturated carbocycles. The summed E-state index contributed by atoms with van der Waals surface area (Å²) in [7, 11) is 0. The average molecular weight is 526 g/mol. The zero-order valence-corrected chi connectivity index (χ0v) is 21.8. The van der Waals surface area contributed by atoms with Crippen molar-refractivity contribution in [1.82, 2.24) is 5.48 Å². The van der Waals surface area contributed by atoms with Gasteiger partial charge in [0.15, 0.2) is 0 Å². The van der Waals surface area contributed by atoms with E-state index in [-0.39, 0.29) is 0 Å². The molecule has 0 heterocycles. The summed E-state index contributed by atoms with van der Waals surface area (Å²) in [5.74, 6) is 0. The molecule has 1 aliphatic carbocycles. The lowest BCUT2D eigenvalue weighted by Crippen LogP contribution is -2.46. The van der Waals surface area contributed by atoms with Crippen LogP contribution in [-0.2, 0) is 45.5 Å². The first-order valence-corrected chi connectivity index (χ1v) is 13.3. The van der Waals surface area contributed by atoms with Crippen molar-refractivity contribution in [3.8, 4) is 0 Å². The van der Waals surface area contributed by atoms with Crippen LogP contribution in [0.15, 0.2) is 121 Å². The molecule has 202 valence electrons. The third-order valence-electron chi connectivity index (χ3n) is 6.86. The molecule has 0 spiro atoms. The summed E-state index contributed by atoms with van der Waals surface area (Å²) in [4.78, 5) is 5.88. The fraction of sp³-hybridized carbons (Fsp3) is 0.273. The summed E-state index contributed by atoms with van der Waals surface area (Å²) in [6.45, 7) is 1.43. The van der Waals surface area contributed by atoms with E-state index in [0.717, 1.165) is 22.3 Å². The van der Waals surface area contributed by atoms with Crippen LogP contribution in [0.3, 0.4) is 0 Å². The lowest BCUT2D eigenvalue weighted by Gasteiger charge is -2.27. The van der Waals surface area contributed by atoms with Gasteiger partial charge in [0.2, 0.25) is 0 Å². The molecule has 0 unspecified atom stereocenters. The summed E-state index contributed by atoms with van der Waals surface area (Å²) in [5, 5.41) is 11.5. The van der Waals surface area contributed by atoms with Crippen LogP contribution in [0.1, 0.15) is 22.3 Å². The monoisotopic (exact) mass is 525 g/mol. The van der Waals surface area contributed by atoms with Crippen molar-refractivity contribution in [2.75, 3.05) is 0 Å². The summed E-state index contributed by atoms with van der Waals surface area (Å²) < 4.78 is 19.2. The normalized spacial score (nSPS) is 22.6. The van der Waals surface area contributed by atoms with Gasteiger partial charge in [-0.25, -0.2) is 0 Å². The highest BCUT2D eigenvalue weighted by Crippen LogP contribution is 2.32. The van der Waals surface area contributed by atoms with Crippen LogP contribution >= 0.6 is 0 Å². The van der Waals surface area contributed by atoms with Gasteiger partial charge in [-0.2, -0.15) is 5.48 Å². The number of benzene rings is 4. The maximum Gasteiger partial charge on any atom is 0.115 e. The molecule has 1 fully saturated rings. The van der Waals surface area contributed by atoms with Gasteiger partial charge in [-0.3, -0.25) is 4.84 Å². The van der Waals surface area contributed by atoms with Crippen LogP contribution in [0.25, 0.3) is 0 Å². The lowest BCUT2D eigenvalue weighted by molar-refractivity contribution is -0.135. The van der Waals surface area contributed by atoms with Crippen molar-refractivity contribution in [1.29, 1.82) is 0 Å². The topological polar surface area (TPSA) is 69.2 Å². The molecule has 0 aliphatic heterocycles. The molecule has 0 saturated heterocycles. The fourth-order valence-corrected chi connectivity index (χ4v) is 4.80. The fourth-order valence-electron chi connectivity index (χ4n) is 4.80. The molecule has 0 radical (unpaired) electrons. The number of hydrogen-bond donors (Lipinski definition) is 2. The lowest BCUT2D eigenvalue weighted by atomic mass is 10.2. The van der Waals surface area contributed by atoms with Crippen LogP contribution in [0, 0.1) is 0 Å². The van der Waals surface area contributed by atoms with E-state index in [9.17, 15) is 5.11 Å². The molecule has 4 aromatic carbocycles. The second kappa shape index (κ2) is 14.1. The number of aliphatic hydroxyl groups is 1. The van der Waals surface area contributed by atoms with Gasteiger partial charge in [0.1, 0.15) is 24.4 Å². The van der Waals surface area contributed by atoms with E-state index in [1.54, 1.807) is 0 Å². The highest BCUT2D eigenvalue weighted by atomic mass is 16.7. The number of ether oxygens (including phenoxy) is 3. The van der Waals surface area contributed by atoms with Crippen molar-refractivity contribution in [3.05, 3.63) is 144 Å². The molecule has 6 heteroatoms. The Morgan fingerprint density at radius 1 is 0.462 bits per heavy atom. The first kappa shape index (κ1) is 27.2. The molecule has 0 aromatic heterocycles. The second-order valence-corrected chi connectivity index (χ2v) is 9.69. The van der Waals surface area contributed by atoms with Crippen LogP contribution in [0.5, 0.6) is 0 Å². The van der Waals surface area contributed by atoms with Gasteiger partial charge in [-0.05, 0) is 22.3 Å². The standard InChI is InChI=1S/C33H35NO5/c35-30-29(34-39-24-28-19-11-4-12-20-28)31(36-21-25-13-5-1-6-14-25)33(38-23-27-17-9-3-10-18-27)32(30)37-22-26-15-7-2-8-16-26/h1-20,29-35H,21-24H2/t29-,30+,31+,32-,33-/m1/s1. The predicted molar refractivity (Wildman–Crippen MR) is 149 cm³/mol. The minimum absolute atomic E-state index is 0.344. The molecule has 39 heavy (non-hydrogen) atoms. The predicted octanol–water partition coefficient (Wildman–Crippen LogP) is 5.21. The van der Waals surface area contributed by atoms with Crippen molar-refractivity contribution in [2.45, 2.75) is 56.9 Å². The largest absolute Gasteiger partial charge is 0.388 e. The molecular weight excluding hydrogens is 490 g/mol.